The van der Waals surface area contributed by atoms with Crippen molar-refractivity contribution in [1.82, 2.24) is 9.88 Å². The van der Waals surface area contributed by atoms with Gasteiger partial charge in [-0.3, -0.25) is 9.78 Å². The smallest absolute Gasteiger partial charge is 0.255 e. The Morgan fingerprint density at radius 1 is 1.11 bits per heavy atom. The monoisotopic (exact) mass is 367 g/mol. The number of aryl methyl sites for hydroxylation is 2. The lowest BCUT2D eigenvalue weighted by Crippen LogP contribution is -2.47. The molecule has 1 N–H and O–H groups in total. The number of carbonyl (C=O) groups excluding carboxylic acids is 1. The third kappa shape index (κ3) is 3.68. The van der Waals surface area contributed by atoms with Crippen molar-refractivity contribution in [2.75, 3.05) is 31.6 Å². The van der Waals surface area contributed by atoms with Gasteiger partial charge < -0.3 is 19.7 Å². The Kier molecular flexibility index (Phi) is 4.85. The van der Waals surface area contributed by atoms with Crippen LogP contribution in [0.1, 0.15) is 34.3 Å². The molecule has 1 aromatic carbocycles. The Morgan fingerprint density at radius 3 is 2.44 bits per heavy atom. The zero-order chi connectivity index (χ0) is 18.9. The van der Waals surface area contributed by atoms with Gasteiger partial charge in [-0.15, -0.1) is 0 Å². The summed E-state index contributed by atoms with van der Waals surface area (Å²) < 4.78 is 11.5. The van der Waals surface area contributed by atoms with Crippen LogP contribution in [0.2, 0.25) is 0 Å². The number of ether oxygens (including phenoxy) is 2. The number of amides is 1. The second-order valence-corrected chi connectivity index (χ2v) is 7.25. The van der Waals surface area contributed by atoms with Gasteiger partial charge >= 0.3 is 0 Å². The number of carbonyl (C=O) groups is 1. The number of piperidine rings is 1. The molecule has 2 aliphatic rings. The van der Waals surface area contributed by atoms with Crippen molar-refractivity contribution >= 4 is 17.3 Å². The van der Waals surface area contributed by atoms with E-state index in [0.29, 0.717) is 44.7 Å². The summed E-state index contributed by atoms with van der Waals surface area (Å²) >= 11 is 0. The van der Waals surface area contributed by atoms with E-state index in [1.807, 2.05) is 17.0 Å². The number of pyridine rings is 1. The number of hydrogen-bond acceptors (Lipinski definition) is 5. The predicted molar refractivity (Wildman–Crippen MR) is 103 cm³/mol. The molecule has 1 amide bonds. The van der Waals surface area contributed by atoms with Gasteiger partial charge in [-0.2, -0.15) is 0 Å². The summed E-state index contributed by atoms with van der Waals surface area (Å²) in [7, 11) is 0. The molecule has 3 heterocycles. The first-order valence-corrected chi connectivity index (χ1v) is 9.42. The maximum Gasteiger partial charge on any atom is 0.255 e. The van der Waals surface area contributed by atoms with E-state index in [2.05, 4.69) is 36.3 Å². The highest BCUT2D eigenvalue weighted by Gasteiger charge is 2.40. The Balaban J connectivity index is 1.47. The van der Waals surface area contributed by atoms with E-state index in [0.717, 1.165) is 22.5 Å². The molecule has 2 aromatic rings. The molecule has 2 fully saturated rings. The molecular formula is C21H25N3O3. The summed E-state index contributed by atoms with van der Waals surface area (Å²) in [4.78, 5) is 19.0. The molecule has 2 saturated heterocycles. The fraction of sp³-hybridized carbons (Fsp3) is 0.429. The van der Waals surface area contributed by atoms with Gasteiger partial charge in [-0.25, -0.2) is 0 Å². The van der Waals surface area contributed by atoms with Crippen molar-refractivity contribution in [3.8, 4) is 0 Å². The minimum absolute atomic E-state index is 0.000465. The van der Waals surface area contributed by atoms with E-state index in [1.54, 1.807) is 12.4 Å². The summed E-state index contributed by atoms with van der Waals surface area (Å²) in [5.41, 5.74) is 4.78. The van der Waals surface area contributed by atoms with Crippen LogP contribution in [0.25, 0.3) is 0 Å². The number of rotatable bonds is 3. The minimum atomic E-state index is -0.471. The number of nitrogens with one attached hydrogen (secondary N) is 1. The largest absolute Gasteiger partial charge is 0.354 e. The SMILES string of the molecule is Cc1cccc(C)c1Nc1cncc(C(=O)N2CCC3(CC2)OCCO3)c1. The topological polar surface area (TPSA) is 63.7 Å². The van der Waals surface area contributed by atoms with E-state index in [1.165, 1.54) is 0 Å². The summed E-state index contributed by atoms with van der Waals surface area (Å²) in [6.07, 6.45) is 4.80. The van der Waals surface area contributed by atoms with Gasteiger partial charge in [-0.05, 0) is 31.0 Å². The van der Waals surface area contributed by atoms with Crippen LogP contribution < -0.4 is 5.32 Å². The van der Waals surface area contributed by atoms with Crippen molar-refractivity contribution in [1.29, 1.82) is 0 Å². The summed E-state index contributed by atoms with van der Waals surface area (Å²) in [6.45, 7) is 6.68. The van der Waals surface area contributed by atoms with Gasteiger partial charge in [0.1, 0.15) is 0 Å². The van der Waals surface area contributed by atoms with Crippen LogP contribution in [0.4, 0.5) is 11.4 Å². The van der Waals surface area contributed by atoms with Gasteiger partial charge in [0.2, 0.25) is 0 Å². The van der Waals surface area contributed by atoms with Gasteiger partial charge in [-0.1, -0.05) is 18.2 Å². The quantitative estimate of drug-likeness (QED) is 0.901. The first-order chi connectivity index (χ1) is 13.1. The number of hydrogen-bond donors (Lipinski definition) is 1. The molecule has 0 bridgehead atoms. The zero-order valence-electron chi connectivity index (χ0n) is 15.8. The van der Waals surface area contributed by atoms with E-state index in [4.69, 9.17) is 9.47 Å². The average Bonchev–Trinajstić information content (AvgIpc) is 3.13. The molecule has 0 unspecified atom stereocenters. The lowest BCUT2D eigenvalue weighted by molar-refractivity contribution is -0.181. The molecule has 27 heavy (non-hydrogen) atoms. The molecular weight excluding hydrogens is 342 g/mol. The normalized spacial score (nSPS) is 18.7. The van der Waals surface area contributed by atoms with Crippen LogP contribution in [0.15, 0.2) is 36.7 Å². The number of anilines is 2. The Hall–Kier alpha value is -2.44. The fourth-order valence-electron chi connectivity index (χ4n) is 3.80. The molecule has 0 atom stereocenters. The van der Waals surface area contributed by atoms with Gasteiger partial charge in [0, 0.05) is 37.8 Å². The zero-order valence-corrected chi connectivity index (χ0v) is 15.8. The van der Waals surface area contributed by atoms with Crippen LogP contribution in [0, 0.1) is 13.8 Å². The first kappa shape index (κ1) is 17.9. The van der Waals surface area contributed by atoms with Crippen LogP contribution in [-0.4, -0.2) is 47.9 Å². The number of nitrogens with zero attached hydrogens (tertiary/aromatic N) is 2. The molecule has 0 radical (unpaired) electrons. The maximum atomic E-state index is 12.9. The van der Waals surface area contributed by atoms with Crippen molar-refractivity contribution in [2.24, 2.45) is 0 Å². The van der Waals surface area contributed by atoms with Crippen LogP contribution in [-0.2, 0) is 9.47 Å². The van der Waals surface area contributed by atoms with E-state index in [-0.39, 0.29) is 5.91 Å². The second kappa shape index (κ2) is 7.29. The molecule has 4 rings (SSSR count). The predicted octanol–water partition coefficient (Wildman–Crippen LogP) is 3.42. The average molecular weight is 367 g/mol. The van der Waals surface area contributed by atoms with Gasteiger partial charge in [0.05, 0.1) is 30.7 Å². The standard InChI is InChI=1S/C21H25N3O3/c1-15-4-3-5-16(2)19(15)23-18-12-17(13-22-14-18)20(25)24-8-6-21(7-9-24)26-10-11-27-21/h3-5,12-14,23H,6-11H2,1-2H3. The number of benzene rings is 1. The molecule has 6 nitrogen and oxygen atoms in total. The van der Waals surface area contributed by atoms with Crippen molar-refractivity contribution < 1.29 is 14.3 Å². The summed E-state index contributed by atoms with van der Waals surface area (Å²) in [5.74, 6) is -0.471. The second-order valence-electron chi connectivity index (χ2n) is 7.25. The number of likely N-dealkylation sites (tertiary alicyclic amines) is 1. The van der Waals surface area contributed by atoms with Crippen LogP contribution >= 0.6 is 0 Å². The van der Waals surface area contributed by atoms with Crippen molar-refractivity contribution in [3.63, 3.8) is 0 Å². The molecule has 0 aliphatic carbocycles. The van der Waals surface area contributed by atoms with E-state index < -0.39 is 5.79 Å². The Bertz CT molecular complexity index is 816. The lowest BCUT2D eigenvalue weighted by Gasteiger charge is -2.37. The number of aromatic nitrogens is 1. The Labute approximate surface area is 159 Å². The molecule has 1 aromatic heterocycles. The number of para-hydroxylation sites is 1. The van der Waals surface area contributed by atoms with Crippen LogP contribution in [0.3, 0.4) is 0 Å². The fourth-order valence-corrected chi connectivity index (χ4v) is 3.80. The van der Waals surface area contributed by atoms with E-state index in [9.17, 15) is 4.79 Å². The highest BCUT2D eigenvalue weighted by molar-refractivity contribution is 5.95. The molecule has 6 heteroatoms. The Morgan fingerprint density at radius 2 is 1.78 bits per heavy atom. The lowest BCUT2D eigenvalue weighted by atomic mass is 10.0. The van der Waals surface area contributed by atoms with Crippen molar-refractivity contribution in [3.05, 3.63) is 53.3 Å². The molecule has 0 saturated carbocycles. The van der Waals surface area contributed by atoms with Gasteiger partial charge in [0.15, 0.2) is 5.79 Å². The third-order valence-electron chi connectivity index (χ3n) is 5.36. The minimum Gasteiger partial charge on any atom is -0.354 e. The van der Waals surface area contributed by atoms with Crippen LogP contribution in [0.5, 0.6) is 0 Å². The van der Waals surface area contributed by atoms with Crippen molar-refractivity contribution in [2.45, 2.75) is 32.5 Å². The van der Waals surface area contributed by atoms with E-state index >= 15 is 0 Å². The third-order valence-corrected chi connectivity index (χ3v) is 5.36. The first-order valence-electron chi connectivity index (χ1n) is 9.42. The molecule has 142 valence electrons. The summed E-state index contributed by atoms with van der Waals surface area (Å²) in [6, 6.07) is 8.03. The van der Waals surface area contributed by atoms with Gasteiger partial charge in [0.25, 0.3) is 5.91 Å². The molecule has 1 spiro atoms. The maximum absolute atomic E-state index is 12.9. The summed E-state index contributed by atoms with van der Waals surface area (Å²) in [5, 5.41) is 3.41. The highest BCUT2D eigenvalue weighted by Crippen LogP contribution is 2.32. The molecule has 2 aliphatic heterocycles. The highest BCUT2D eigenvalue weighted by atomic mass is 16.7.